The summed E-state index contributed by atoms with van der Waals surface area (Å²) < 4.78 is 64.8. The van der Waals surface area contributed by atoms with Gasteiger partial charge in [0.15, 0.2) is 9.84 Å². The lowest BCUT2D eigenvalue weighted by Gasteiger charge is -2.31. The molecule has 2 aromatic carbocycles. The first-order chi connectivity index (χ1) is 13.6. The number of rotatable bonds is 5. The van der Waals surface area contributed by atoms with Gasteiger partial charge in [-0.3, -0.25) is 4.79 Å². The Hall–Kier alpha value is -2.30. The Labute approximate surface area is 169 Å². The zero-order valence-electron chi connectivity index (χ0n) is 15.7. The molecule has 29 heavy (non-hydrogen) atoms. The van der Waals surface area contributed by atoms with Crippen LogP contribution < -0.4 is 5.32 Å². The average Bonchev–Trinajstić information content (AvgIpc) is 2.69. The third-order valence-electron chi connectivity index (χ3n) is 4.82. The predicted molar refractivity (Wildman–Crippen MR) is 106 cm³/mol. The van der Waals surface area contributed by atoms with Crippen LogP contribution in [0.3, 0.4) is 0 Å². The maximum Gasteiger partial charge on any atom is 0.244 e. The Bertz CT molecular complexity index is 1120. The number of sulfonamides is 1. The fourth-order valence-electron chi connectivity index (χ4n) is 3.26. The summed E-state index contributed by atoms with van der Waals surface area (Å²) in [5, 5.41) is 2.53. The summed E-state index contributed by atoms with van der Waals surface area (Å²) in [6, 6.07) is 11.3. The van der Waals surface area contributed by atoms with Gasteiger partial charge in [0.2, 0.25) is 15.9 Å². The van der Waals surface area contributed by atoms with Crippen molar-refractivity contribution < 1.29 is 26.0 Å². The number of hydrogen-bond donors (Lipinski definition) is 1. The molecule has 0 atom stereocenters. The maximum atomic E-state index is 13.7. The molecule has 156 valence electrons. The van der Waals surface area contributed by atoms with E-state index in [1.807, 2.05) is 0 Å². The molecule has 1 aliphatic heterocycles. The van der Waals surface area contributed by atoms with Gasteiger partial charge in [0.1, 0.15) is 10.7 Å². The highest BCUT2D eigenvalue weighted by atomic mass is 32.2. The molecule has 0 saturated carbocycles. The van der Waals surface area contributed by atoms with Crippen molar-refractivity contribution in [2.45, 2.75) is 22.6 Å². The number of nitrogens with zero attached hydrogens (tertiary/aromatic N) is 1. The van der Waals surface area contributed by atoms with Crippen molar-refractivity contribution in [1.82, 2.24) is 4.31 Å². The summed E-state index contributed by atoms with van der Waals surface area (Å²) in [5.74, 6) is -1.38. The molecule has 2 aromatic rings. The molecule has 7 nitrogen and oxygen atoms in total. The fraction of sp³-hybridized carbons (Fsp3) is 0.316. The Morgan fingerprint density at radius 1 is 0.966 bits per heavy atom. The number of carbonyl (C=O) groups is 1. The van der Waals surface area contributed by atoms with Crippen LogP contribution in [0.15, 0.2) is 58.3 Å². The topological polar surface area (TPSA) is 101 Å². The first-order valence-corrected chi connectivity index (χ1v) is 12.3. The molecule has 0 aromatic heterocycles. The average molecular weight is 441 g/mol. The molecule has 0 unspecified atom stereocenters. The van der Waals surface area contributed by atoms with Gasteiger partial charge < -0.3 is 5.32 Å². The molecule has 10 heteroatoms. The molecule has 0 radical (unpaired) electrons. The fourth-order valence-corrected chi connectivity index (χ4v) is 6.34. The van der Waals surface area contributed by atoms with Crippen molar-refractivity contribution >= 4 is 31.5 Å². The number of benzene rings is 2. The van der Waals surface area contributed by atoms with E-state index < -0.39 is 31.6 Å². The number of para-hydroxylation sites is 1. The van der Waals surface area contributed by atoms with Crippen LogP contribution in [0.2, 0.25) is 0 Å². The zero-order valence-corrected chi connectivity index (χ0v) is 17.3. The van der Waals surface area contributed by atoms with Crippen molar-refractivity contribution in [2.24, 2.45) is 5.92 Å². The minimum Gasteiger partial charge on any atom is -0.323 e. The van der Waals surface area contributed by atoms with Crippen LogP contribution in [0.25, 0.3) is 0 Å². The van der Waals surface area contributed by atoms with E-state index in [1.165, 1.54) is 46.8 Å². The number of sulfone groups is 1. The van der Waals surface area contributed by atoms with Crippen LogP contribution in [0.4, 0.5) is 10.1 Å². The monoisotopic (exact) mass is 440 g/mol. The van der Waals surface area contributed by atoms with E-state index in [9.17, 15) is 26.0 Å². The molecular formula is C19H21FN2O5S2. The van der Waals surface area contributed by atoms with Crippen LogP contribution in [0, 0.1) is 11.7 Å². The Morgan fingerprint density at radius 2 is 1.52 bits per heavy atom. The molecule has 1 fully saturated rings. The minimum atomic E-state index is -4.03. The van der Waals surface area contributed by atoms with E-state index in [4.69, 9.17) is 0 Å². The van der Waals surface area contributed by atoms with Crippen LogP contribution in [-0.2, 0) is 24.7 Å². The number of carbonyl (C=O) groups excluding carboxylic acids is 1. The lowest BCUT2D eigenvalue weighted by atomic mass is 9.97. The summed E-state index contributed by atoms with van der Waals surface area (Å²) >= 11 is 0. The van der Waals surface area contributed by atoms with Gasteiger partial charge >= 0.3 is 0 Å². The first-order valence-electron chi connectivity index (χ1n) is 8.95. The lowest BCUT2D eigenvalue weighted by Crippen LogP contribution is -2.41. The molecule has 1 aliphatic rings. The second-order valence-corrected chi connectivity index (χ2v) is 10.8. The van der Waals surface area contributed by atoms with Gasteiger partial charge in [-0.2, -0.15) is 4.31 Å². The van der Waals surface area contributed by atoms with Crippen LogP contribution >= 0.6 is 0 Å². The second-order valence-electron chi connectivity index (χ2n) is 6.87. The molecule has 1 heterocycles. The van der Waals surface area contributed by atoms with Crippen LogP contribution in [0.5, 0.6) is 0 Å². The SMILES string of the molecule is CS(=O)(=O)c1ccccc1S(=O)(=O)N1CCC(C(=O)Nc2ccccc2F)CC1. The van der Waals surface area contributed by atoms with E-state index in [-0.39, 0.29) is 47.3 Å². The molecular weight excluding hydrogens is 419 g/mol. The second kappa shape index (κ2) is 8.21. The summed E-state index contributed by atoms with van der Waals surface area (Å²) in [6.45, 7) is 0.131. The molecule has 1 N–H and O–H groups in total. The van der Waals surface area contributed by atoms with Gasteiger partial charge in [-0.05, 0) is 37.1 Å². The number of piperidine rings is 1. The minimum absolute atomic E-state index is 0.0653. The number of anilines is 1. The van der Waals surface area contributed by atoms with Crippen LogP contribution in [0.1, 0.15) is 12.8 Å². The molecule has 0 spiro atoms. The van der Waals surface area contributed by atoms with Crippen molar-refractivity contribution in [3.05, 3.63) is 54.3 Å². The lowest BCUT2D eigenvalue weighted by molar-refractivity contribution is -0.120. The molecule has 3 rings (SSSR count). The van der Waals surface area contributed by atoms with E-state index in [1.54, 1.807) is 6.07 Å². The largest absolute Gasteiger partial charge is 0.323 e. The van der Waals surface area contributed by atoms with Gasteiger partial charge in [-0.1, -0.05) is 24.3 Å². The molecule has 1 amide bonds. The quantitative estimate of drug-likeness (QED) is 0.769. The highest BCUT2D eigenvalue weighted by Crippen LogP contribution is 2.28. The highest BCUT2D eigenvalue weighted by Gasteiger charge is 2.34. The Balaban J connectivity index is 1.72. The van der Waals surface area contributed by atoms with Crippen LogP contribution in [-0.4, -0.2) is 46.4 Å². The van der Waals surface area contributed by atoms with Gasteiger partial charge in [0.05, 0.1) is 10.6 Å². The van der Waals surface area contributed by atoms with Crippen molar-refractivity contribution in [3.63, 3.8) is 0 Å². The molecule has 0 aliphatic carbocycles. The molecule has 1 saturated heterocycles. The van der Waals surface area contributed by atoms with E-state index >= 15 is 0 Å². The standard InChI is InChI=1S/C19H21FN2O5S2/c1-28(24,25)17-8-4-5-9-18(17)29(26,27)22-12-10-14(11-13-22)19(23)21-16-7-3-2-6-15(16)20/h2-9,14H,10-13H2,1H3,(H,21,23). The van der Waals surface area contributed by atoms with Gasteiger partial charge in [-0.25, -0.2) is 21.2 Å². The predicted octanol–water partition coefficient (Wildman–Crippen LogP) is 2.27. The first kappa shape index (κ1) is 21.4. The summed E-state index contributed by atoms with van der Waals surface area (Å²) in [7, 11) is -7.75. The summed E-state index contributed by atoms with van der Waals surface area (Å²) in [4.78, 5) is 11.9. The number of hydrogen-bond acceptors (Lipinski definition) is 5. The number of halogens is 1. The summed E-state index contributed by atoms with van der Waals surface area (Å²) in [6.07, 6.45) is 1.46. The summed E-state index contributed by atoms with van der Waals surface area (Å²) in [5.41, 5.74) is 0.0784. The third-order valence-corrected chi connectivity index (χ3v) is 8.06. The van der Waals surface area contributed by atoms with Gasteiger partial charge in [0, 0.05) is 25.3 Å². The zero-order chi connectivity index (χ0) is 21.2. The Morgan fingerprint density at radius 3 is 2.10 bits per heavy atom. The highest BCUT2D eigenvalue weighted by molar-refractivity contribution is 7.93. The van der Waals surface area contributed by atoms with Crippen molar-refractivity contribution in [1.29, 1.82) is 0 Å². The number of nitrogens with one attached hydrogen (secondary N) is 1. The Kier molecular flexibility index (Phi) is 6.06. The van der Waals surface area contributed by atoms with Crippen molar-refractivity contribution in [3.8, 4) is 0 Å². The normalized spacial score (nSPS) is 16.5. The van der Waals surface area contributed by atoms with E-state index in [0.29, 0.717) is 0 Å². The third kappa shape index (κ3) is 4.65. The van der Waals surface area contributed by atoms with Gasteiger partial charge in [-0.15, -0.1) is 0 Å². The smallest absolute Gasteiger partial charge is 0.244 e. The maximum absolute atomic E-state index is 13.7. The number of amides is 1. The van der Waals surface area contributed by atoms with E-state index in [0.717, 1.165) is 6.26 Å². The van der Waals surface area contributed by atoms with E-state index in [2.05, 4.69) is 5.32 Å². The van der Waals surface area contributed by atoms with Gasteiger partial charge in [0.25, 0.3) is 0 Å². The van der Waals surface area contributed by atoms with Crippen molar-refractivity contribution in [2.75, 3.05) is 24.7 Å². The molecule has 0 bridgehead atoms.